The minimum absolute atomic E-state index is 0.0204. The third-order valence-electron chi connectivity index (χ3n) is 3.18. The number of nitrogens with one attached hydrogen (secondary N) is 1. The van der Waals surface area contributed by atoms with Gasteiger partial charge >= 0.3 is 0 Å². The molecule has 1 atom stereocenters. The molecule has 2 N–H and O–H groups in total. The maximum atomic E-state index is 12.0. The fourth-order valence-electron chi connectivity index (χ4n) is 2.05. The second-order valence-electron chi connectivity index (χ2n) is 4.51. The molecule has 21 heavy (non-hydrogen) atoms. The highest BCUT2D eigenvalue weighted by molar-refractivity contribution is 7.10. The van der Waals surface area contributed by atoms with Crippen LogP contribution in [0.25, 0.3) is 0 Å². The number of thiophene rings is 1. The van der Waals surface area contributed by atoms with E-state index < -0.39 is 5.60 Å². The van der Waals surface area contributed by atoms with E-state index >= 15 is 0 Å². The summed E-state index contributed by atoms with van der Waals surface area (Å²) < 4.78 is 10.1. The molecule has 0 fully saturated rings. The van der Waals surface area contributed by atoms with Crippen molar-refractivity contribution in [2.45, 2.75) is 5.60 Å². The van der Waals surface area contributed by atoms with Crippen molar-refractivity contribution in [3.05, 3.63) is 70.7 Å². The molecule has 0 aliphatic rings. The smallest absolute Gasteiger partial charge is 0.287 e. The quantitative estimate of drug-likeness (QED) is 0.759. The van der Waals surface area contributed by atoms with Gasteiger partial charge in [0.25, 0.3) is 5.91 Å². The molecule has 0 unspecified atom stereocenters. The topological polar surface area (TPSA) is 75.6 Å². The van der Waals surface area contributed by atoms with Gasteiger partial charge in [-0.15, -0.1) is 11.3 Å². The summed E-state index contributed by atoms with van der Waals surface area (Å²) in [5, 5.41) is 15.5. The highest BCUT2D eigenvalue weighted by Gasteiger charge is 2.34. The summed E-state index contributed by atoms with van der Waals surface area (Å²) >= 11 is 1.41. The van der Waals surface area contributed by atoms with E-state index in [-0.39, 0.29) is 18.2 Å². The van der Waals surface area contributed by atoms with E-state index in [0.29, 0.717) is 5.56 Å². The van der Waals surface area contributed by atoms with Gasteiger partial charge in [-0.05, 0) is 29.6 Å². The summed E-state index contributed by atoms with van der Waals surface area (Å²) in [6.45, 7) is 0.0204. The fraction of sp³-hybridized carbons (Fsp3) is 0.133. The Labute approximate surface area is 124 Å². The first-order chi connectivity index (χ1) is 10.2. The summed E-state index contributed by atoms with van der Waals surface area (Å²) in [6.07, 6.45) is 4.39. The van der Waals surface area contributed by atoms with Gasteiger partial charge in [-0.2, -0.15) is 0 Å². The number of furan rings is 2. The molecule has 3 aromatic heterocycles. The Hall–Kier alpha value is -2.31. The summed E-state index contributed by atoms with van der Waals surface area (Å²) in [6, 6.07) is 8.54. The number of rotatable bonds is 5. The summed E-state index contributed by atoms with van der Waals surface area (Å²) in [5.74, 6) is -0.172. The highest BCUT2D eigenvalue weighted by Crippen LogP contribution is 2.32. The van der Waals surface area contributed by atoms with Crippen LogP contribution in [0.15, 0.2) is 63.3 Å². The first-order valence-electron chi connectivity index (χ1n) is 6.31. The van der Waals surface area contributed by atoms with Crippen LogP contribution in [0.4, 0.5) is 0 Å². The molecule has 3 aromatic rings. The van der Waals surface area contributed by atoms with Crippen LogP contribution in [0.2, 0.25) is 0 Å². The van der Waals surface area contributed by atoms with E-state index in [0.717, 1.165) is 4.88 Å². The third kappa shape index (κ3) is 2.63. The molecule has 5 nitrogen and oxygen atoms in total. The Bertz CT molecular complexity index is 652. The number of carbonyl (C=O) groups excluding carboxylic acids is 1. The number of carbonyl (C=O) groups is 1. The molecule has 0 saturated heterocycles. The average molecular weight is 303 g/mol. The minimum Gasteiger partial charge on any atom is -0.472 e. The largest absolute Gasteiger partial charge is 0.472 e. The van der Waals surface area contributed by atoms with E-state index in [1.54, 1.807) is 18.2 Å². The Morgan fingerprint density at radius 2 is 2.19 bits per heavy atom. The molecule has 0 spiro atoms. The zero-order valence-corrected chi connectivity index (χ0v) is 11.8. The van der Waals surface area contributed by atoms with Gasteiger partial charge in [-0.25, -0.2) is 0 Å². The standard InChI is InChI=1S/C15H13NO4S/c17-14(12-3-1-6-20-12)16-10-15(18,11-5-7-19-9-11)13-4-2-8-21-13/h1-9,18H,10H2,(H,16,17)/t15-/m0/s1. The van der Waals surface area contributed by atoms with Crippen LogP contribution in [-0.2, 0) is 5.60 Å². The normalized spacial score (nSPS) is 13.8. The van der Waals surface area contributed by atoms with E-state index in [1.165, 1.54) is 30.1 Å². The van der Waals surface area contributed by atoms with Gasteiger partial charge in [-0.3, -0.25) is 4.79 Å². The number of hydrogen-bond donors (Lipinski definition) is 2. The maximum absolute atomic E-state index is 12.0. The first kappa shape index (κ1) is 13.7. The minimum atomic E-state index is -1.33. The molecule has 0 saturated carbocycles. The van der Waals surface area contributed by atoms with Gasteiger partial charge < -0.3 is 19.3 Å². The van der Waals surface area contributed by atoms with E-state index in [1.807, 2.05) is 17.5 Å². The SMILES string of the molecule is O=C(NC[C@](O)(c1ccoc1)c1cccs1)c1ccco1. The highest BCUT2D eigenvalue weighted by atomic mass is 32.1. The van der Waals surface area contributed by atoms with Crippen molar-refractivity contribution in [3.8, 4) is 0 Å². The van der Waals surface area contributed by atoms with Crippen LogP contribution >= 0.6 is 11.3 Å². The zero-order valence-electron chi connectivity index (χ0n) is 11.0. The maximum Gasteiger partial charge on any atom is 0.287 e. The fourth-order valence-corrected chi connectivity index (χ4v) is 2.89. The number of aliphatic hydroxyl groups is 1. The second kappa shape index (κ2) is 5.59. The molecule has 0 aliphatic heterocycles. The number of hydrogen-bond acceptors (Lipinski definition) is 5. The lowest BCUT2D eigenvalue weighted by Crippen LogP contribution is -2.40. The molecule has 3 heterocycles. The molecule has 0 aliphatic carbocycles. The predicted octanol–water partition coefficient (Wildman–Crippen LogP) is 2.60. The Morgan fingerprint density at radius 3 is 2.81 bits per heavy atom. The Kier molecular flexibility index (Phi) is 3.64. The monoisotopic (exact) mass is 303 g/mol. The lowest BCUT2D eigenvalue weighted by atomic mass is 9.94. The molecular formula is C15H13NO4S. The Balaban J connectivity index is 1.83. The van der Waals surface area contributed by atoms with Gasteiger partial charge in [-0.1, -0.05) is 6.07 Å². The predicted molar refractivity (Wildman–Crippen MR) is 77.1 cm³/mol. The van der Waals surface area contributed by atoms with Crippen molar-refractivity contribution in [2.75, 3.05) is 6.54 Å². The van der Waals surface area contributed by atoms with Crippen molar-refractivity contribution in [3.63, 3.8) is 0 Å². The van der Waals surface area contributed by atoms with Gasteiger partial charge in [0.2, 0.25) is 0 Å². The molecule has 0 radical (unpaired) electrons. The van der Waals surface area contributed by atoms with Gasteiger partial charge in [0.05, 0.1) is 25.3 Å². The molecule has 1 amide bonds. The lowest BCUT2D eigenvalue weighted by molar-refractivity contribution is 0.0699. The molecule has 3 rings (SSSR count). The summed E-state index contributed by atoms with van der Waals surface area (Å²) in [7, 11) is 0. The van der Waals surface area contributed by atoms with Crippen LogP contribution in [0.1, 0.15) is 21.0 Å². The third-order valence-corrected chi connectivity index (χ3v) is 4.20. The van der Waals surface area contributed by atoms with Gasteiger partial charge in [0, 0.05) is 10.4 Å². The van der Waals surface area contributed by atoms with Crippen molar-refractivity contribution in [2.24, 2.45) is 0 Å². The van der Waals surface area contributed by atoms with Crippen LogP contribution in [-0.4, -0.2) is 17.6 Å². The number of amides is 1. The molecule has 0 aromatic carbocycles. The summed E-state index contributed by atoms with van der Waals surface area (Å²) in [5.41, 5.74) is -0.742. The summed E-state index contributed by atoms with van der Waals surface area (Å²) in [4.78, 5) is 12.7. The van der Waals surface area contributed by atoms with E-state index in [4.69, 9.17) is 8.83 Å². The van der Waals surface area contributed by atoms with Gasteiger partial charge in [0.1, 0.15) is 5.60 Å². The lowest BCUT2D eigenvalue weighted by Gasteiger charge is -2.26. The van der Waals surface area contributed by atoms with E-state index in [2.05, 4.69) is 5.32 Å². The average Bonchev–Trinajstić information content (AvgIpc) is 3.27. The van der Waals surface area contributed by atoms with Crippen LogP contribution < -0.4 is 5.32 Å². The van der Waals surface area contributed by atoms with Crippen LogP contribution in [0.3, 0.4) is 0 Å². The van der Waals surface area contributed by atoms with Crippen LogP contribution in [0, 0.1) is 0 Å². The van der Waals surface area contributed by atoms with Gasteiger partial charge in [0.15, 0.2) is 5.76 Å². The second-order valence-corrected chi connectivity index (χ2v) is 5.46. The molecule has 0 bridgehead atoms. The zero-order chi connectivity index (χ0) is 14.7. The molecular weight excluding hydrogens is 290 g/mol. The molecule has 6 heteroatoms. The van der Waals surface area contributed by atoms with E-state index in [9.17, 15) is 9.90 Å². The first-order valence-corrected chi connectivity index (χ1v) is 7.19. The van der Waals surface area contributed by atoms with Crippen LogP contribution in [0.5, 0.6) is 0 Å². The van der Waals surface area contributed by atoms with Crippen molar-refractivity contribution in [1.82, 2.24) is 5.32 Å². The van der Waals surface area contributed by atoms with Crippen molar-refractivity contribution in [1.29, 1.82) is 0 Å². The Morgan fingerprint density at radius 1 is 1.29 bits per heavy atom. The molecule has 108 valence electrons. The van der Waals surface area contributed by atoms with Crippen molar-refractivity contribution >= 4 is 17.2 Å². The van der Waals surface area contributed by atoms with Crippen molar-refractivity contribution < 1.29 is 18.7 Å².